The van der Waals surface area contributed by atoms with Crippen LogP contribution in [0.4, 0.5) is 4.79 Å². The van der Waals surface area contributed by atoms with Gasteiger partial charge in [0.05, 0.1) is 0 Å². The maximum atomic E-state index is 11.0. The molecule has 0 aliphatic heterocycles. The molecular formula is C10H14N2O3. The standard InChI is InChI=1S/C10H14N2O3/c1-7-3-4-8(12-6-13)5-9(7)15-10(14)11-2/h5-6,9H,1,3-4H2,2H3,(H,11,14)(H,12,13). The zero-order chi connectivity index (χ0) is 11.3. The van der Waals surface area contributed by atoms with Gasteiger partial charge in [0.25, 0.3) is 0 Å². The lowest BCUT2D eigenvalue weighted by Crippen LogP contribution is -2.29. The van der Waals surface area contributed by atoms with Crippen LogP contribution in [0.3, 0.4) is 0 Å². The molecule has 1 unspecified atom stereocenters. The predicted molar refractivity (Wildman–Crippen MR) is 55.0 cm³/mol. The van der Waals surface area contributed by atoms with Crippen molar-refractivity contribution in [3.8, 4) is 0 Å². The van der Waals surface area contributed by atoms with E-state index >= 15 is 0 Å². The fraction of sp³-hybridized carbons (Fsp3) is 0.400. The van der Waals surface area contributed by atoms with E-state index in [4.69, 9.17) is 4.74 Å². The molecule has 1 aliphatic rings. The summed E-state index contributed by atoms with van der Waals surface area (Å²) in [7, 11) is 1.49. The monoisotopic (exact) mass is 210 g/mol. The van der Waals surface area contributed by atoms with Gasteiger partial charge in [0.2, 0.25) is 6.41 Å². The molecule has 0 fully saturated rings. The summed E-state index contributed by atoms with van der Waals surface area (Å²) < 4.78 is 5.05. The van der Waals surface area contributed by atoms with Gasteiger partial charge >= 0.3 is 6.09 Å². The summed E-state index contributed by atoms with van der Waals surface area (Å²) >= 11 is 0. The average molecular weight is 210 g/mol. The number of rotatable bonds is 3. The van der Waals surface area contributed by atoms with E-state index in [1.807, 2.05) is 0 Å². The van der Waals surface area contributed by atoms with Gasteiger partial charge in [-0.1, -0.05) is 6.58 Å². The number of hydrogen-bond donors (Lipinski definition) is 2. The first-order chi connectivity index (χ1) is 7.17. The molecule has 0 spiro atoms. The van der Waals surface area contributed by atoms with Gasteiger partial charge < -0.3 is 15.4 Å². The van der Waals surface area contributed by atoms with Crippen LogP contribution >= 0.6 is 0 Å². The highest BCUT2D eigenvalue weighted by Crippen LogP contribution is 2.22. The molecule has 2 N–H and O–H groups in total. The Bertz CT molecular complexity index is 310. The highest BCUT2D eigenvalue weighted by Gasteiger charge is 2.20. The van der Waals surface area contributed by atoms with Crippen molar-refractivity contribution in [2.75, 3.05) is 7.05 Å². The number of nitrogens with one attached hydrogen (secondary N) is 2. The minimum absolute atomic E-state index is 0.457. The lowest BCUT2D eigenvalue weighted by molar-refractivity contribution is -0.109. The Balaban J connectivity index is 2.66. The molecule has 0 aromatic heterocycles. The van der Waals surface area contributed by atoms with Crippen LogP contribution in [0.1, 0.15) is 12.8 Å². The van der Waals surface area contributed by atoms with Gasteiger partial charge in [-0.3, -0.25) is 4.79 Å². The molecule has 0 heterocycles. The lowest BCUT2D eigenvalue weighted by atomic mass is 9.97. The maximum absolute atomic E-state index is 11.0. The molecule has 1 rings (SSSR count). The minimum atomic E-state index is -0.509. The first-order valence-corrected chi connectivity index (χ1v) is 4.64. The van der Waals surface area contributed by atoms with Gasteiger partial charge in [0.15, 0.2) is 0 Å². The number of carbonyl (C=O) groups excluding carboxylic acids is 2. The number of carbonyl (C=O) groups is 2. The van der Waals surface area contributed by atoms with Crippen LogP contribution in [0.2, 0.25) is 0 Å². The van der Waals surface area contributed by atoms with Crippen LogP contribution in [0, 0.1) is 0 Å². The molecule has 0 aromatic rings. The fourth-order valence-electron chi connectivity index (χ4n) is 1.31. The Morgan fingerprint density at radius 1 is 1.67 bits per heavy atom. The molecule has 15 heavy (non-hydrogen) atoms. The molecule has 1 atom stereocenters. The summed E-state index contributed by atoms with van der Waals surface area (Å²) in [5, 5.41) is 4.91. The Kier molecular flexibility index (Phi) is 3.91. The smallest absolute Gasteiger partial charge is 0.407 e. The van der Waals surface area contributed by atoms with Crippen molar-refractivity contribution < 1.29 is 14.3 Å². The van der Waals surface area contributed by atoms with Gasteiger partial charge in [-0.15, -0.1) is 0 Å². The first-order valence-electron chi connectivity index (χ1n) is 4.64. The van der Waals surface area contributed by atoms with E-state index in [0.717, 1.165) is 11.3 Å². The SMILES string of the molecule is C=C1CCC(NC=O)=CC1OC(=O)NC. The number of allylic oxidation sites excluding steroid dienone is 1. The molecule has 5 nitrogen and oxygen atoms in total. The van der Waals surface area contributed by atoms with Crippen LogP contribution in [0.5, 0.6) is 0 Å². The molecule has 5 heteroatoms. The van der Waals surface area contributed by atoms with E-state index in [9.17, 15) is 9.59 Å². The van der Waals surface area contributed by atoms with E-state index in [2.05, 4.69) is 17.2 Å². The highest BCUT2D eigenvalue weighted by atomic mass is 16.6. The number of amides is 2. The summed E-state index contributed by atoms with van der Waals surface area (Å²) in [6, 6.07) is 0. The molecule has 0 aromatic carbocycles. The third-order valence-corrected chi connectivity index (χ3v) is 2.15. The predicted octanol–water partition coefficient (Wildman–Crippen LogP) is 0.691. The minimum Gasteiger partial charge on any atom is -0.437 e. The van der Waals surface area contributed by atoms with E-state index < -0.39 is 12.2 Å². The lowest BCUT2D eigenvalue weighted by Gasteiger charge is -2.22. The molecule has 0 radical (unpaired) electrons. The first kappa shape index (κ1) is 11.3. The number of alkyl carbamates (subject to hydrolysis) is 1. The topological polar surface area (TPSA) is 67.4 Å². The van der Waals surface area contributed by atoms with Crippen molar-refractivity contribution in [2.24, 2.45) is 0 Å². The van der Waals surface area contributed by atoms with Crippen molar-refractivity contribution in [3.05, 3.63) is 23.9 Å². The quantitative estimate of drug-likeness (QED) is 0.532. The van der Waals surface area contributed by atoms with Crippen LogP contribution < -0.4 is 10.6 Å². The van der Waals surface area contributed by atoms with Crippen LogP contribution in [0.15, 0.2) is 23.9 Å². The molecule has 0 saturated carbocycles. The second kappa shape index (κ2) is 5.19. The fourth-order valence-corrected chi connectivity index (χ4v) is 1.31. The Morgan fingerprint density at radius 3 is 3.00 bits per heavy atom. The van der Waals surface area contributed by atoms with Gasteiger partial charge in [0, 0.05) is 12.7 Å². The largest absolute Gasteiger partial charge is 0.437 e. The Labute approximate surface area is 88.2 Å². The van der Waals surface area contributed by atoms with Gasteiger partial charge in [-0.05, 0) is 24.5 Å². The average Bonchev–Trinajstić information content (AvgIpc) is 2.23. The summed E-state index contributed by atoms with van der Waals surface area (Å²) in [6.45, 7) is 3.81. The third kappa shape index (κ3) is 3.12. The van der Waals surface area contributed by atoms with E-state index in [1.54, 1.807) is 6.08 Å². The number of ether oxygens (including phenoxy) is 1. The zero-order valence-corrected chi connectivity index (χ0v) is 8.58. The van der Waals surface area contributed by atoms with Gasteiger partial charge in [0.1, 0.15) is 6.10 Å². The zero-order valence-electron chi connectivity index (χ0n) is 8.58. The molecular weight excluding hydrogens is 196 g/mol. The van der Waals surface area contributed by atoms with Crippen molar-refractivity contribution in [1.82, 2.24) is 10.6 Å². The Morgan fingerprint density at radius 2 is 2.40 bits per heavy atom. The highest BCUT2D eigenvalue weighted by molar-refractivity contribution is 5.67. The van der Waals surface area contributed by atoms with Crippen LogP contribution in [0.25, 0.3) is 0 Å². The number of hydrogen-bond acceptors (Lipinski definition) is 3. The normalized spacial score (nSPS) is 20.2. The Hall–Kier alpha value is -1.78. The van der Waals surface area contributed by atoms with E-state index in [1.165, 1.54) is 7.05 Å². The molecule has 0 saturated heterocycles. The summed E-state index contributed by atoms with van der Waals surface area (Å²) in [5.41, 5.74) is 1.58. The van der Waals surface area contributed by atoms with Gasteiger partial charge in [-0.2, -0.15) is 0 Å². The van der Waals surface area contributed by atoms with E-state index in [-0.39, 0.29) is 0 Å². The van der Waals surface area contributed by atoms with Crippen molar-refractivity contribution in [3.63, 3.8) is 0 Å². The second-order valence-corrected chi connectivity index (χ2v) is 3.19. The van der Waals surface area contributed by atoms with E-state index in [0.29, 0.717) is 19.3 Å². The molecule has 0 bridgehead atoms. The third-order valence-electron chi connectivity index (χ3n) is 2.15. The van der Waals surface area contributed by atoms with Crippen molar-refractivity contribution in [1.29, 1.82) is 0 Å². The van der Waals surface area contributed by atoms with Crippen LogP contribution in [-0.2, 0) is 9.53 Å². The van der Waals surface area contributed by atoms with Crippen LogP contribution in [-0.4, -0.2) is 25.7 Å². The molecule has 82 valence electrons. The molecule has 2 amide bonds. The summed E-state index contributed by atoms with van der Waals surface area (Å²) in [4.78, 5) is 21.2. The summed E-state index contributed by atoms with van der Waals surface area (Å²) in [6.07, 6.45) is 2.75. The van der Waals surface area contributed by atoms with Crippen molar-refractivity contribution in [2.45, 2.75) is 18.9 Å². The second-order valence-electron chi connectivity index (χ2n) is 3.19. The summed E-state index contributed by atoms with van der Waals surface area (Å²) in [5.74, 6) is 0. The molecule has 1 aliphatic carbocycles. The van der Waals surface area contributed by atoms with Gasteiger partial charge in [-0.25, -0.2) is 4.79 Å². The maximum Gasteiger partial charge on any atom is 0.407 e. The van der Waals surface area contributed by atoms with Crippen molar-refractivity contribution >= 4 is 12.5 Å².